The minimum atomic E-state index is -0.474. The first-order valence-electron chi connectivity index (χ1n) is 6.34. The van der Waals surface area contributed by atoms with E-state index >= 15 is 0 Å². The van der Waals surface area contributed by atoms with Crippen LogP contribution in [0.5, 0.6) is 0 Å². The number of nitrogens with one attached hydrogen (secondary N) is 1. The molecule has 0 saturated heterocycles. The average Bonchev–Trinajstić information content (AvgIpc) is 2.44. The van der Waals surface area contributed by atoms with E-state index in [1.54, 1.807) is 12.1 Å². The van der Waals surface area contributed by atoms with E-state index in [0.29, 0.717) is 12.1 Å². The Balaban J connectivity index is 2.51. The van der Waals surface area contributed by atoms with Crippen LogP contribution in [-0.2, 0) is 6.54 Å². The van der Waals surface area contributed by atoms with E-state index in [9.17, 15) is 8.78 Å². The molecule has 4 heteroatoms. The number of hydrogen-bond acceptors (Lipinski definition) is 2. The van der Waals surface area contributed by atoms with Gasteiger partial charge in [-0.25, -0.2) is 8.78 Å². The third-order valence-electron chi connectivity index (χ3n) is 2.97. The van der Waals surface area contributed by atoms with Gasteiger partial charge in [0.2, 0.25) is 0 Å². The topological polar surface area (TPSA) is 35.8 Å². The summed E-state index contributed by atoms with van der Waals surface area (Å²) >= 11 is 0. The third kappa shape index (κ3) is 3.19. The lowest BCUT2D eigenvalue weighted by molar-refractivity contribution is 0.622. The van der Waals surface area contributed by atoms with Crippen LogP contribution in [0.1, 0.15) is 18.1 Å². The molecule has 0 bridgehead atoms. The Kier molecular flexibility index (Phi) is 4.44. The van der Waals surface area contributed by atoms with Crippen molar-refractivity contribution >= 4 is 0 Å². The van der Waals surface area contributed by atoms with Gasteiger partial charge in [-0.15, -0.1) is 0 Å². The number of nitrogens with zero attached hydrogens (tertiary/aromatic N) is 1. The molecule has 2 aromatic rings. The Hall–Kier alpha value is -2.25. The van der Waals surface area contributed by atoms with Gasteiger partial charge in [-0.1, -0.05) is 13.0 Å². The molecule has 0 heterocycles. The van der Waals surface area contributed by atoms with Crippen LogP contribution in [0.2, 0.25) is 0 Å². The average molecular weight is 272 g/mol. The molecular formula is C16H14F2N2. The van der Waals surface area contributed by atoms with Crippen molar-refractivity contribution in [1.29, 1.82) is 5.26 Å². The van der Waals surface area contributed by atoms with Crippen LogP contribution in [0.15, 0.2) is 36.4 Å². The molecule has 2 aromatic carbocycles. The van der Waals surface area contributed by atoms with Gasteiger partial charge in [-0.2, -0.15) is 5.26 Å². The molecule has 2 rings (SSSR count). The van der Waals surface area contributed by atoms with Gasteiger partial charge in [0, 0.05) is 6.54 Å². The quantitative estimate of drug-likeness (QED) is 0.922. The molecule has 0 aliphatic carbocycles. The lowest BCUT2D eigenvalue weighted by atomic mass is 9.98. The molecule has 0 aliphatic heterocycles. The largest absolute Gasteiger partial charge is 0.313 e. The maximum Gasteiger partial charge on any atom is 0.125 e. The summed E-state index contributed by atoms with van der Waals surface area (Å²) < 4.78 is 26.9. The molecule has 0 fully saturated rings. The molecule has 1 N–H and O–H groups in total. The first kappa shape index (κ1) is 14.2. The van der Waals surface area contributed by atoms with Crippen LogP contribution < -0.4 is 5.32 Å². The van der Waals surface area contributed by atoms with Crippen molar-refractivity contribution in [2.75, 3.05) is 6.54 Å². The molecule has 0 saturated carbocycles. The van der Waals surface area contributed by atoms with Gasteiger partial charge in [-0.05, 0) is 53.6 Å². The van der Waals surface area contributed by atoms with Gasteiger partial charge in [0.05, 0.1) is 11.6 Å². The van der Waals surface area contributed by atoms with Gasteiger partial charge in [0.15, 0.2) is 0 Å². The Bertz CT molecular complexity index is 660. The fraction of sp³-hybridized carbons (Fsp3) is 0.188. The van der Waals surface area contributed by atoms with Crippen molar-refractivity contribution in [1.82, 2.24) is 5.32 Å². The Labute approximate surface area is 116 Å². The van der Waals surface area contributed by atoms with Crippen LogP contribution in [0.3, 0.4) is 0 Å². The first-order valence-corrected chi connectivity index (χ1v) is 6.34. The van der Waals surface area contributed by atoms with E-state index in [1.165, 1.54) is 24.3 Å². The summed E-state index contributed by atoms with van der Waals surface area (Å²) in [6, 6.07) is 10.4. The summed E-state index contributed by atoms with van der Waals surface area (Å²) in [7, 11) is 0. The van der Waals surface area contributed by atoms with E-state index in [1.807, 2.05) is 13.0 Å². The minimum Gasteiger partial charge on any atom is -0.313 e. The van der Waals surface area contributed by atoms with E-state index in [2.05, 4.69) is 5.32 Å². The highest BCUT2D eigenvalue weighted by atomic mass is 19.1. The number of halogens is 2. The summed E-state index contributed by atoms with van der Waals surface area (Å²) in [6.07, 6.45) is 0. The predicted octanol–water partition coefficient (Wildman–Crippen LogP) is 3.61. The van der Waals surface area contributed by atoms with Crippen molar-refractivity contribution < 1.29 is 8.78 Å². The molecule has 0 unspecified atom stereocenters. The van der Waals surface area contributed by atoms with Crippen molar-refractivity contribution in [3.63, 3.8) is 0 Å². The zero-order valence-electron chi connectivity index (χ0n) is 11.1. The van der Waals surface area contributed by atoms with Crippen LogP contribution in [-0.4, -0.2) is 6.54 Å². The zero-order valence-corrected chi connectivity index (χ0v) is 11.1. The molecule has 0 amide bonds. The highest BCUT2D eigenvalue weighted by Gasteiger charge is 2.09. The fourth-order valence-electron chi connectivity index (χ4n) is 2.06. The van der Waals surface area contributed by atoms with E-state index in [-0.39, 0.29) is 11.4 Å². The molecule has 0 spiro atoms. The summed E-state index contributed by atoms with van der Waals surface area (Å²) in [5, 5.41) is 12.0. The smallest absolute Gasteiger partial charge is 0.125 e. The summed E-state index contributed by atoms with van der Waals surface area (Å²) in [6.45, 7) is 3.19. The fourth-order valence-corrected chi connectivity index (χ4v) is 2.06. The van der Waals surface area contributed by atoms with E-state index in [0.717, 1.165) is 17.7 Å². The molecular weight excluding hydrogens is 258 g/mol. The molecule has 102 valence electrons. The molecule has 0 radical (unpaired) electrons. The predicted molar refractivity (Wildman–Crippen MR) is 73.9 cm³/mol. The van der Waals surface area contributed by atoms with Crippen molar-refractivity contribution in [2.45, 2.75) is 13.5 Å². The zero-order chi connectivity index (χ0) is 14.5. The third-order valence-corrected chi connectivity index (χ3v) is 2.97. The molecule has 0 aromatic heterocycles. The Morgan fingerprint density at radius 3 is 2.60 bits per heavy atom. The highest BCUT2D eigenvalue weighted by molar-refractivity contribution is 5.69. The second kappa shape index (κ2) is 6.27. The van der Waals surface area contributed by atoms with E-state index < -0.39 is 5.82 Å². The lowest BCUT2D eigenvalue weighted by Crippen LogP contribution is -2.12. The normalized spacial score (nSPS) is 10.3. The number of hydrogen-bond donors (Lipinski definition) is 1. The van der Waals surface area contributed by atoms with Gasteiger partial charge in [0.1, 0.15) is 11.6 Å². The van der Waals surface area contributed by atoms with Gasteiger partial charge < -0.3 is 5.32 Å². The van der Waals surface area contributed by atoms with Crippen LogP contribution >= 0.6 is 0 Å². The van der Waals surface area contributed by atoms with Crippen molar-refractivity contribution in [3.05, 3.63) is 59.2 Å². The highest BCUT2D eigenvalue weighted by Crippen LogP contribution is 2.26. The summed E-state index contributed by atoms with van der Waals surface area (Å²) in [5.74, 6) is -0.809. The molecule has 0 atom stereocenters. The Morgan fingerprint density at radius 1 is 1.10 bits per heavy atom. The number of benzene rings is 2. The lowest BCUT2D eigenvalue weighted by Gasteiger charge is -2.11. The van der Waals surface area contributed by atoms with Crippen molar-refractivity contribution in [3.8, 4) is 17.2 Å². The van der Waals surface area contributed by atoms with Crippen LogP contribution in [0, 0.1) is 23.0 Å². The molecule has 0 aliphatic rings. The van der Waals surface area contributed by atoms with Crippen LogP contribution in [0.25, 0.3) is 11.1 Å². The number of rotatable bonds is 4. The van der Waals surface area contributed by atoms with Gasteiger partial charge in [0.25, 0.3) is 0 Å². The summed E-state index contributed by atoms with van der Waals surface area (Å²) in [5.41, 5.74) is 2.29. The standard InChI is InChI=1S/C16H14F2N2/c1-2-20-10-13-8-14(17)3-4-16(13)12-5-11(9-19)6-15(18)7-12/h3-8,20H,2,10H2,1H3. The van der Waals surface area contributed by atoms with E-state index in [4.69, 9.17) is 5.26 Å². The molecule has 2 nitrogen and oxygen atoms in total. The number of nitriles is 1. The van der Waals surface area contributed by atoms with Crippen molar-refractivity contribution in [2.24, 2.45) is 0 Å². The van der Waals surface area contributed by atoms with Crippen LogP contribution in [0.4, 0.5) is 8.78 Å². The van der Waals surface area contributed by atoms with Gasteiger partial charge >= 0.3 is 0 Å². The SMILES string of the molecule is CCNCc1cc(F)ccc1-c1cc(F)cc(C#N)c1. The minimum absolute atomic E-state index is 0.249. The maximum atomic E-state index is 13.5. The van der Waals surface area contributed by atoms with Gasteiger partial charge in [-0.3, -0.25) is 0 Å². The summed E-state index contributed by atoms with van der Waals surface area (Å²) in [4.78, 5) is 0. The first-order chi connectivity index (χ1) is 9.63. The monoisotopic (exact) mass is 272 g/mol. The maximum absolute atomic E-state index is 13.5. The second-order valence-corrected chi connectivity index (χ2v) is 4.42. The Morgan fingerprint density at radius 2 is 1.90 bits per heavy atom. The second-order valence-electron chi connectivity index (χ2n) is 4.42. The molecule has 20 heavy (non-hydrogen) atoms.